The van der Waals surface area contributed by atoms with Crippen LogP contribution in [-0.2, 0) is 5.41 Å². The molecule has 1 aromatic carbocycles. The molecule has 0 radical (unpaired) electrons. The highest BCUT2D eigenvalue weighted by Gasteiger charge is 2.44. The van der Waals surface area contributed by atoms with Crippen molar-refractivity contribution in [3.63, 3.8) is 0 Å². The van der Waals surface area contributed by atoms with E-state index in [1.165, 1.54) is 0 Å². The van der Waals surface area contributed by atoms with Crippen molar-refractivity contribution in [2.75, 3.05) is 13.7 Å². The first-order chi connectivity index (χ1) is 7.13. The van der Waals surface area contributed by atoms with Gasteiger partial charge in [0.25, 0.3) is 0 Å². The van der Waals surface area contributed by atoms with Gasteiger partial charge in [-0.05, 0) is 40.4 Å². The molecular formula is C11H13BrClNO. The minimum Gasteiger partial charge on any atom is -0.496 e. The molecular weight excluding hydrogens is 277 g/mol. The molecule has 4 heteroatoms. The second kappa shape index (κ2) is 3.96. The number of ether oxygens (including phenoxy) is 1. The first kappa shape index (κ1) is 11.2. The molecule has 0 amide bonds. The fourth-order valence-corrected chi connectivity index (χ4v) is 2.69. The van der Waals surface area contributed by atoms with Gasteiger partial charge in [-0.1, -0.05) is 11.6 Å². The van der Waals surface area contributed by atoms with Crippen LogP contribution in [0.4, 0.5) is 0 Å². The molecule has 0 aromatic heterocycles. The van der Waals surface area contributed by atoms with Gasteiger partial charge in [0.05, 0.1) is 11.6 Å². The van der Waals surface area contributed by atoms with E-state index in [1.54, 1.807) is 7.11 Å². The zero-order chi connectivity index (χ0) is 11.1. The number of benzene rings is 1. The Balaban J connectivity index is 2.45. The molecule has 82 valence electrons. The van der Waals surface area contributed by atoms with E-state index in [-0.39, 0.29) is 5.41 Å². The summed E-state index contributed by atoms with van der Waals surface area (Å²) < 4.78 is 6.12. The number of hydrogen-bond acceptors (Lipinski definition) is 2. The molecule has 0 bridgehead atoms. The van der Waals surface area contributed by atoms with Gasteiger partial charge in [0.1, 0.15) is 5.75 Å². The van der Waals surface area contributed by atoms with Gasteiger partial charge in [0.2, 0.25) is 0 Å². The topological polar surface area (TPSA) is 35.2 Å². The molecule has 2 nitrogen and oxygen atoms in total. The molecule has 1 aliphatic rings. The van der Waals surface area contributed by atoms with Crippen molar-refractivity contribution >= 4 is 27.5 Å². The van der Waals surface area contributed by atoms with Gasteiger partial charge in [0.15, 0.2) is 0 Å². The normalized spacial score (nSPS) is 17.6. The predicted octanol–water partition coefficient (Wildman–Crippen LogP) is 3.10. The highest BCUT2D eigenvalue weighted by Crippen LogP contribution is 2.51. The largest absolute Gasteiger partial charge is 0.496 e. The van der Waals surface area contributed by atoms with Crippen molar-refractivity contribution in [3.05, 3.63) is 27.2 Å². The Morgan fingerprint density at radius 1 is 1.53 bits per heavy atom. The van der Waals surface area contributed by atoms with Crippen molar-refractivity contribution in [2.45, 2.75) is 18.3 Å². The molecule has 1 aliphatic carbocycles. The van der Waals surface area contributed by atoms with Gasteiger partial charge >= 0.3 is 0 Å². The van der Waals surface area contributed by atoms with Crippen molar-refractivity contribution in [1.29, 1.82) is 0 Å². The number of methoxy groups -OCH3 is 1. The van der Waals surface area contributed by atoms with E-state index in [9.17, 15) is 0 Å². The lowest BCUT2D eigenvalue weighted by Crippen LogP contribution is -2.20. The van der Waals surface area contributed by atoms with Gasteiger partial charge in [-0.3, -0.25) is 0 Å². The maximum atomic E-state index is 6.23. The summed E-state index contributed by atoms with van der Waals surface area (Å²) in [6, 6.07) is 3.87. The van der Waals surface area contributed by atoms with Crippen LogP contribution >= 0.6 is 27.5 Å². The van der Waals surface area contributed by atoms with Gasteiger partial charge in [-0.2, -0.15) is 0 Å². The van der Waals surface area contributed by atoms with Crippen LogP contribution in [0.1, 0.15) is 18.4 Å². The lowest BCUT2D eigenvalue weighted by Gasteiger charge is -2.16. The Labute approximate surface area is 103 Å². The number of halogens is 2. The van der Waals surface area contributed by atoms with Crippen LogP contribution in [-0.4, -0.2) is 13.7 Å². The summed E-state index contributed by atoms with van der Waals surface area (Å²) in [6.45, 7) is 0.658. The first-order valence-electron chi connectivity index (χ1n) is 4.86. The molecule has 0 unspecified atom stereocenters. The number of nitrogens with two attached hydrogens (primary N) is 1. The molecule has 0 aliphatic heterocycles. The molecule has 1 fully saturated rings. The van der Waals surface area contributed by atoms with Crippen LogP contribution in [0.3, 0.4) is 0 Å². The Morgan fingerprint density at radius 3 is 2.67 bits per heavy atom. The Kier molecular flexibility index (Phi) is 2.97. The zero-order valence-electron chi connectivity index (χ0n) is 8.52. The second-order valence-corrected chi connectivity index (χ2v) is 5.21. The van der Waals surface area contributed by atoms with E-state index >= 15 is 0 Å². The van der Waals surface area contributed by atoms with E-state index in [4.69, 9.17) is 22.1 Å². The fraction of sp³-hybridized carbons (Fsp3) is 0.455. The molecule has 0 saturated heterocycles. The molecule has 1 aromatic rings. The third kappa shape index (κ3) is 1.88. The van der Waals surface area contributed by atoms with Crippen LogP contribution in [0.15, 0.2) is 16.6 Å². The SMILES string of the molecule is COc1cc(Cl)c(C2(CN)CC2)cc1Br. The Morgan fingerprint density at radius 2 is 2.20 bits per heavy atom. The van der Waals surface area contributed by atoms with Crippen LogP contribution in [0.25, 0.3) is 0 Å². The smallest absolute Gasteiger partial charge is 0.134 e. The monoisotopic (exact) mass is 289 g/mol. The van der Waals surface area contributed by atoms with Gasteiger partial charge in [-0.25, -0.2) is 0 Å². The maximum absolute atomic E-state index is 6.23. The third-order valence-corrected chi connectivity index (χ3v) is 3.99. The highest BCUT2D eigenvalue weighted by atomic mass is 79.9. The van der Waals surface area contributed by atoms with E-state index < -0.39 is 0 Å². The first-order valence-corrected chi connectivity index (χ1v) is 6.03. The summed E-state index contributed by atoms with van der Waals surface area (Å²) in [5.41, 5.74) is 7.04. The second-order valence-electron chi connectivity index (χ2n) is 3.95. The summed E-state index contributed by atoms with van der Waals surface area (Å²) >= 11 is 9.69. The average molecular weight is 291 g/mol. The standard InChI is InChI=1S/C11H13BrClNO/c1-15-10-5-9(13)7(4-8(10)12)11(6-14)2-3-11/h4-5H,2-3,6,14H2,1H3. The number of rotatable bonds is 3. The third-order valence-electron chi connectivity index (χ3n) is 3.06. The van der Waals surface area contributed by atoms with Gasteiger partial charge < -0.3 is 10.5 Å². The summed E-state index contributed by atoms with van der Waals surface area (Å²) in [5, 5.41) is 0.748. The number of hydrogen-bond donors (Lipinski definition) is 1. The summed E-state index contributed by atoms with van der Waals surface area (Å²) in [7, 11) is 1.63. The lowest BCUT2D eigenvalue weighted by molar-refractivity contribution is 0.412. The maximum Gasteiger partial charge on any atom is 0.134 e. The molecule has 15 heavy (non-hydrogen) atoms. The van der Waals surface area contributed by atoms with Gasteiger partial charge in [0, 0.05) is 23.0 Å². The van der Waals surface area contributed by atoms with E-state index in [0.29, 0.717) is 6.54 Å². The Hall–Kier alpha value is -0.250. The molecule has 2 N–H and O–H groups in total. The van der Waals surface area contributed by atoms with Crippen molar-refractivity contribution in [3.8, 4) is 5.75 Å². The summed E-state index contributed by atoms with van der Waals surface area (Å²) in [6.07, 6.45) is 2.25. The fourth-order valence-electron chi connectivity index (χ4n) is 1.83. The summed E-state index contributed by atoms with van der Waals surface area (Å²) in [4.78, 5) is 0. The average Bonchev–Trinajstić information content (AvgIpc) is 3.01. The van der Waals surface area contributed by atoms with Crippen LogP contribution in [0.2, 0.25) is 5.02 Å². The zero-order valence-corrected chi connectivity index (χ0v) is 10.9. The van der Waals surface area contributed by atoms with E-state index in [2.05, 4.69) is 15.9 Å². The van der Waals surface area contributed by atoms with Crippen LogP contribution < -0.4 is 10.5 Å². The quantitative estimate of drug-likeness (QED) is 0.928. The molecule has 0 atom stereocenters. The summed E-state index contributed by atoms with van der Waals surface area (Å²) in [5.74, 6) is 0.761. The van der Waals surface area contributed by atoms with Gasteiger partial charge in [-0.15, -0.1) is 0 Å². The van der Waals surface area contributed by atoms with E-state index in [0.717, 1.165) is 33.6 Å². The molecule has 0 spiro atoms. The molecule has 1 saturated carbocycles. The van der Waals surface area contributed by atoms with Crippen LogP contribution in [0, 0.1) is 0 Å². The minimum absolute atomic E-state index is 0.117. The minimum atomic E-state index is 0.117. The highest BCUT2D eigenvalue weighted by molar-refractivity contribution is 9.10. The van der Waals surface area contributed by atoms with Crippen molar-refractivity contribution in [2.24, 2.45) is 5.73 Å². The molecule has 2 rings (SSSR count). The molecule has 0 heterocycles. The predicted molar refractivity (Wildman–Crippen MR) is 65.7 cm³/mol. The van der Waals surface area contributed by atoms with Crippen molar-refractivity contribution < 1.29 is 4.74 Å². The van der Waals surface area contributed by atoms with Crippen molar-refractivity contribution in [1.82, 2.24) is 0 Å². The van der Waals surface area contributed by atoms with E-state index in [1.807, 2.05) is 12.1 Å². The van der Waals surface area contributed by atoms with Crippen LogP contribution in [0.5, 0.6) is 5.75 Å². The Bertz CT molecular complexity index is 390. The lowest BCUT2D eigenvalue weighted by atomic mass is 9.96.